The predicted molar refractivity (Wildman–Crippen MR) is 529 cm³/mol. The molecule has 0 N–H and O–H groups in total. The minimum atomic E-state index is -1.31. The normalized spacial score (nSPS) is 17.7. The monoisotopic (exact) mass is 1640 g/mol. The maximum absolute atomic E-state index is 10.4. The van der Waals surface area contributed by atoms with E-state index in [2.05, 4.69) is 0 Å². The largest absolute Gasteiger partial charge is 0.311 e. The van der Waals surface area contributed by atoms with E-state index < -0.39 is 269 Å². The fourth-order valence-electron chi connectivity index (χ4n) is 13.7. The molecule has 0 aromatic heterocycles. The molecule has 0 aliphatic carbocycles. The first-order chi connectivity index (χ1) is 70.7. The van der Waals surface area contributed by atoms with Gasteiger partial charge in [-0.05, 0) is 271 Å². The van der Waals surface area contributed by atoms with Gasteiger partial charge in [-0.1, -0.05) is 352 Å². The highest BCUT2D eigenvalue weighted by molar-refractivity contribution is 7.00. The summed E-state index contributed by atoms with van der Waals surface area (Å²) in [7, 11) is 0. The van der Waals surface area contributed by atoms with Crippen molar-refractivity contribution < 1.29 is 49.3 Å². The first-order valence-corrected chi connectivity index (χ1v) is 41.4. The highest BCUT2D eigenvalue weighted by Crippen LogP contribution is 2.53. The van der Waals surface area contributed by atoms with Crippen LogP contribution in [0.5, 0.6) is 0 Å². The zero-order valence-corrected chi connectivity index (χ0v) is 76.8. The summed E-state index contributed by atoms with van der Waals surface area (Å²) >= 11 is 7.83. The molecule has 12 aromatic carbocycles. The highest BCUT2D eigenvalue weighted by atomic mass is 35.5. The Labute approximate surface area is 780 Å². The highest BCUT2D eigenvalue weighted by Gasteiger charge is 2.45. The molecule has 0 saturated heterocycles. The molecule has 2 heterocycles. The molecule has 0 saturated carbocycles. The van der Waals surface area contributed by atoms with Gasteiger partial charge in [0.25, 0.3) is 6.71 Å². The van der Waals surface area contributed by atoms with E-state index in [4.69, 9.17) is 11.6 Å². The number of halogens is 1. The summed E-state index contributed by atoms with van der Waals surface area (Å²) < 4.78 is 350. The van der Waals surface area contributed by atoms with E-state index in [9.17, 15) is 49.3 Å². The van der Waals surface area contributed by atoms with Crippen LogP contribution in [0.4, 0.5) is 68.2 Å². The smallest absolute Gasteiger partial charge is 0.252 e. The summed E-state index contributed by atoms with van der Waals surface area (Å²) in [5.74, 6) is 0. The molecule has 0 amide bonds. The molecule has 6 heteroatoms. The molecule has 0 fully saturated rings. The molecular formula is C114H136BClN4. The van der Waals surface area contributed by atoms with Gasteiger partial charge in [-0.25, -0.2) is 0 Å². The van der Waals surface area contributed by atoms with Crippen LogP contribution >= 0.6 is 11.6 Å². The molecule has 0 radical (unpaired) electrons. The summed E-state index contributed by atoms with van der Waals surface area (Å²) in [6, 6.07) is -11.7. The Morgan fingerprint density at radius 3 is 0.892 bits per heavy atom. The second-order valence-electron chi connectivity index (χ2n) is 42.0. The summed E-state index contributed by atoms with van der Waals surface area (Å²) in [6.45, 7) is 54.1. The molecule has 14 rings (SSSR count). The quantitative estimate of drug-likeness (QED) is 0.127. The van der Waals surface area contributed by atoms with Gasteiger partial charge in [0.1, 0.15) is 0 Å². The second-order valence-corrected chi connectivity index (χ2v) is 42.4. The van der Waals surface area contributed by atoms with Crippen LogP contribution in [-0.2, 0) is 54.1 Å². The molecular weight excluding hydrogens is 1470 g/mol. The summed E-state index contributed by atoms with van der Waals surface area (Å²) in [4.78, 5) is 4.78. The third-order valence-electron chi connectivity index (χ3n) is 21.0. The summed E-state index contributed by atoms with van der Waals surface area (Å²) in [6.07, 6.45) is 0. The lowest BCUT2D eigenvalue weighted by Crippen LogP contribution is -2.61. The predicted octanol–water partition coefficient (Wildman–Crippen LogP) is 32.0. The number of nitrogens with zero attached hydrogens (tertiary/aromatic N) is 4. The first-order valence-electron chi connectivity index (χ1n) is 59.0. The Bertz CT molecular complexity index is 7840. The summed E-state index contributed by atoms with van der Waals surface area (Å²) in [5, 5.41) is -0.512. The maximum Gasteiger partial charge on any atom is 0.252 e. The molecule has 622 valence electrons. The number of rotatable bonds is 10. The van der Waals surface area contributed by atoms with E-state index in [-0.39, 0.29) is 183 Å². The van der Waals surface area contributed by atoms with Gasteiger partial charge in [0.15, 0.2) is 0 Å². The summed E-state index contributed by atoms with van der Waals surface area (Å²) in [5.41, 5.74) is -13.3. The zero-order valence-electron chi connectivity index (χ0n) is 112. The van der Waals surface area contributed by atoms with Gasteiger partial charge in [0.05, 0.1) is 77.1 Å². The van der Waals surface area contributed by atoms with Crippen molar-refractivity contribution >= 4 is 103 Å². The number of hydrogen-bond donors (Lipinski definition) is 0. The van der Waals surface area contributed by atoms with Crippen LogP contribution in [0.3, 0.4) is 0 Å². The lowest BCUT2D eigenvalue weighted by atomic mass is 9.33. The van der Waals surface area contributed by atoms with Crippen molar-refractivity contribution in [2.75, 3.05) is 19.6 Å². The van der Waals surface area contributed by atoms with Gasteiger partial charge in [-0.15, -0.1) is 0 Å². The first kappa shape index (κ1) is 52.5. The van der Waals surface area contributed by atoms with Gasteiger partial charge >= 0.3 is 0 Å². The second kappa shape index (κ2) is 31.6. The van der Waals surface area contributed by atoms with Crippen molar-refractivity contribution in [3.8, 4) is 22.3 Å². The minimum absolute atomic E-state index is 0.00776. The molecule has 0 bridgehead atoms. The number of aryl methyl sites for hydroxylation is 2. The lowest BCUT2D eigenvalue weighted by Gasteiger charge is -2.45. The van der Waals surface area contributed by atoms with Gasteiger partial charge in [0, 0.05) is 56.6 Å². The number of hydrogen-bond acceptors (Lipinski definition) is 4. The third kappa shape index (κ3) is 18.1. The molecule has 2 aliphatic heterocycles. The average molecular weight is 1640 g/mol. The van der Waals surface area contributed by atoms with Crippen molar-refractivity contribution in [1.29, 1.82) is 0 Å². The topological polar surface area (TPSA) is 13.0 Å². The van der Waals surface area contributed by atoms with E-state index in [1.807, 2.05) is 0 Å². The standard InChI is InChI=1S/C57H67BN2.C57H69ClN2/c1-36-31-50-52-51(32-36)60(47-28-23-40(55(8,9)10)33-44(47)37-17-19-38(20-18-37)53(2,3)4)49-30-25-42(57(14,15)16)35-46(49)58(52)45-34-41(56(11,12)13)24-29-48(45)59(50)43-26-21-39(22-27-43)54(5,6)7;1-38-35-50(59(45-28-21-41(22-29-45)54(5,6)7)46-30-23-42(24-31-46)55(8,9)10)52(58)51(36-38)60(47-32-25-43(26-33-47)56(11,12)13)49-34-27-44(57(14,15)16)37-48(49)39-17-19-40(20-18-39)53(2,3)4/h17-35H,1-16H3;17-37H,1-16H3/i17D,18D,19D,20D,21D,22D,23D,24D,25D,26D,27D,28D,29D,30D,33D,34D,35D;17D,18D,19D,20D,21D,22D,23D,24D,25D,26D,27D,28D,29D,30D,31D,32D,33D,34D,37D. The zero-order chi connectivity index (χ0) is 119. The van der Waals surface area contributed by atoms with Gasteiger partial charge in [-0.3, -0.25) is 0 Å². The number of benzene rings is 12. The number of anilines is 12. The number of fused-ring (bicyclic) bond motifs is 4. The van der Waals surface area contributed by atoms with Crippen molar-refractivity contribution in [3.63, 3.8) is 0 Å². The van der Waals surface area contributed by atoms with Crippen molar-refractivity contribution in [2.45, 2.75) is 276 Å². The molecule has 4 nitrogen and oxygen atoms in total. The van der Waals surface area contributed by atoms with Gasteiger partial charge < -0.3 is 19.6 Å². The maximum atomic E-state index is 10.4. The van der Waals surface area contributed by atoms with Crippen LogP contribution in [0, 0.1) is 13.8 Å². The average Bonchev–Trinajstić information content (AvgIpc) is 0.670. The Hall–Kier alpha value is -9.81. The molecule has 120 heavy (non-hydrogen) atoms. The molecule has 12 aromatic rings. The lowest BCUT2D eigenvalue weighted by molar-refractivity contribution is 0.589. The van der Waals surface area contributed by atoms with Crippen LogP contribution in [0.1, 0.15) is 324 Å². The van der Waals surface area contributed by atoms with E-state index in [1.165, 1.54) is 21.9 Å². The van der Waals surface area contributed by atoms with Crippen molar-refractivity contribution in [1.82, 2.24) is 0 Å². The fraction of sp³-hybridized carbons (Fsp3) is 0.368. The van der Waals surface area contributed by atoms with E-state index in [0.717, 1.165) is 9.80 Å². The molecule has 0 spiro atoms. The Morgan fingerprint density at radius 2 is 0.525 bits per heavy atom. The Morgan fingerprint density at radius 1 is 0.258 bits per heavy atom. The Kier molecular flexibility index (Phi) is 13.8. The van der Waals surface area contributed by atoms with Crippen LogP contribution in [0.2, 0.25) is 5.02 Å². The Balaban J connectivity index is 0.000000259. The van der Waals surface area contributed by atoms with Gasteiger partial charge in [0.2, 0.25) is 0 Å². The van der Waals surface area contributed by atoms with Crippen molar-refractivity contribution in [3.05, 3.63) is 314 Å². The molecule has 2 aliphatic rings. The van der Waals surface area contributed by atoms with Gasteiger partial charge in [-0.2, -0.15) is 0 Å². The van der Waals surface area contributed by atoms with Crippen LogP contribution in [-0.4, -0.2) is 6.71 Å². The van der Waals surface area contributed by atoms with Crippen molar-refractivity contribution in [2.24, 2.45) is 0 Å². The van der Waals surface area contributed by atoms with E-state index in [0.29, 0.717) is 5.56 Å². The fourth-order valence-corrected chi connectivity index (χ4v) is 14.0. The molecule has 0 atom stereocenters. The van der Waals surface area contributed by atoms with E-state index in [1.54, 1.807) is 234 Å². The SMILES string of the molecule is [2H]c1c([2H])c(C(C)(C)C)c([2H])c([2H])c1-c1c([2H])c(C(C)(C)C)c([2H])c([2H])c1N(c1cc(C)cc(N(c2c([2H])c([2H])c(C(C)(C)C)c([2H])c2[2H])c2c([2H])c([2H])c(C(C)(C)C)c([2H])c2[2H])c1Cl)c1c([2H])c([2H])c(C(C)(C)C)c([2H])c1[2H].[2H]c1c([2H])c(C(C)(C)C)c([2H])c([2H])c1-c1c([2H])c(C(C)(C)C)c([2H])c([2H])c1N1c2cc(C)cc3c2B(c2c([2H])c(C(C)(C)C)c([2H])c([2H])c2N3c2c([2H])c([2H])c(C(C)(C)C)c([2H])c2[2H])c2c([2H])c(C(C)(C)C)c([2H])c([2H])c21. The minimum Gasteiger partial charge on any atom is -0.311 e. The van der Waals surface area contributed by atoms with Crippen LogP contribution in [0.25, 0.3) is 22.3 Å². The van der Waals surface area contributed by atoms with Crippen LogP contribution < -0.4 is 36.0 Å². The molecule has 0 unspecified atom stereocenters. The van der Waals surface area contributed by atoms with Crippen LogP contribution in [0.15, 0.2) is 242 Å². The third-order valence-corrected chi connectivity index (χ3v) is 21.4. The van der Waals surface area contributed by atoms with E-state index >= 15 is 0 Å².